The second-order valence-corrected chi connectivity index (χ2v) is 11.2. The highest BCUT2D eigenvalue weighted by molar-refractivity contribution is 7.91. The van der Waals surface area contributed by atoms with Crippen molar-refractivity contribution in [2.45, 2.75) is 70.5 Å². The van der Waals surface area contributed by atoms with Crippen molar-refractivity contribution in [1.29, 1.82) is 0 Å². The first kappa shape index (κ1) is 15.3. The molecule has 0 radical (unpaired) electrons. The summed E-state index contributed by atoms with van der Waals surface area (Å²) in [4.78, 5) is 12.3. The average molecular weight is 313 g/mol. The minimum absolute atomic E-state index is 0.0895. The summed E-state index contributed by atoms with van der Waals surface area (Å²) in [6.07, 6.45) is 7.78. The molecular weight excluding hydrogens is 286 g/mol. The van der Waals surface area contributed by atoms with Gasteiger partial charge in [0, 0.05) is 6.42 Å². The summed E-state index contributed by atoms with van der Waals surface area (Å²) in [6.45, 7) is 4.86. The zero-order valence-corrected chi connectivity index (χ0v) is 14.1. The van der Waals surface area contributed by atoms with E-state index in [1.54, 1.807) is 20.8 Å². The molecule has 4 fully saturated rings. The van der Waals surface area contributed by atoms with Gasteiger partial charge in [-0.25, -0.2) is 8.42 Å². The van der Waals surface area contributed by atoms with Gasteiger partial charge >= 0.3 is 0 Å². The fourth-order valence-corrected chi connectivity index (χ4v) is 5.86. The first-order valence-corrected chi connectivity index (χ1v) is 9.62. The lowest BCUT2D eigenvalue weighted by atomic mass is 9.49. The van der Waals surface area contributed by atoms with Gasteiger partial charge in [-0.15, -0.1) is 0 Å². The van der Waals surface area contributed by atoms with E-state index in [4.69, 9.17) is 0 Å². The van der Waals surface area contributed by atoms with Gasteiger partial charge < -0.3 is 0 Å². The van der Waals surface area contributed by atoms with Crippen LogP contribution in [0.4, 0.5) is 0 Å². The Morgan fingerprint density at radius 3 is 1.86 bits per heavy atom. The van der Waals surface area contributed by atoms with E-state index in [2.05, 4.69) is 4.72 Å². The molecule has 4 saturated carbocycles. The highest BCUT2D eigenvalue weighted by atomic mass is 32.2. The van der Waals surface area contributed by atoms with Crippen LogP contribution in [0.15, 0.2) is 0 Å². The van der Waals surface area contributed by atoms with Crippen molar-refractivity contribution < 1.29 is 13.2 Å². The predicted octanol–water partition coefficient (Wildman–Crippen LogP) is 2.84. The molecular formula is C16H27NO3S. The van der Waals surface area contributed by atoms with Crippen molar-refractivity contribution in [1.82, 2.24) is 4.72 Å². The molecule has 4 aliphatic rings. The van der Waals surface area contributed by atoms with E-state index in [0.29, 0.717) is 6.42 Å². The molecule has 0 aromatic rings. The van der Waals surface area contributed by atoms with E-state index in [1.807, 2.05) is 0 Å². The Hall–Kier alpha value is -0.580. The highest BCUT2D eigenvalue weighted by Gasteiger charge is 2.51. The number of amides is 1. The summed E-state index contributed by atoms with van der Waals surface area (Å²) >= 11 is 0. The van der Waals surface area contributed by atoms with E-state index >= 15 is 0 Å². The van der Waals surface area contributed by atoms with Crippen LogP contribution in [0.1, 0.15) is 65.7 Å². The largest absolute Gasteiger partial charge is 0.274 e. The first-order chi connectivity index (χ1) is 9.59. The molecule has 4 aliphatic carbocycles. The summed E-state index contributed by atoms with van der Waals surface area (Å²) < 4.78 is 25.6. The van der Waals surface area contributed by atoms with Crippen molar-refractivity contribution in [3.8, 4) is 0 Å². The second kappa shape index (κ2) is 4.71. The molecule has 0 aromatic heterocycles. The van der Waals surface area contributed by atoms with Crippen LogP contribution < -0.4 is 4.72 Å². The van der Waals surface area contributed by atoms with Crippen LogP contribution in [0.2, 0.25) is 0 Å². The smallest absolute Gasteiger partial charge is 0.239 e. The van der Waals surface area contributed by atoms with Crippen LogP contribution in [-0.4, -0.2) is 19.1 Å². The summed E-state index contributed by atoms with van der Waals surface area (Å²) in [7, 11) is -3.58. The number of nitrogens with one attached hydrogen (secondary N) is 1. The topological polar surface area (TPSA) is 63.2 Å². The molecule has 0 atom stereocenters. The monoisotopic (exact) mass is 313 g/mol. The second-order valence-electron chi connectivity index (χ2n) is 8.74. The molecule has 0 unspecified atom stereocenters. The molecule has 4 bridgehead atoms. The molecule has 120 valence electrons. The third-order valence-corrected chi connectivity index (χ3v) is 7.86. The Morgan fingerprint density at radius 1 is 1.05 bits per heavy atom. The fourth-order valence-electron chi connectivity index (χ4n) is 5.19. The van der Waals surface area contributed by atoms with Crippen LogP contribution in [0.3, 0.4) is 0 Å². The van der Waals surface area contributed by atoms with Crippen LogP contribution in [0.5, 0.6) is 0 Å². The summed E-state index contributed by atoms with van der Waals surface area (Å²) in [5.74, 6) is 2.04. The standard InChI is InChI=1S/C16H27NO3S/c1-15(2,3)21(19,20)17-14(18)10-16-7-11-4-12(8-16)6-13(5-11)9-16/h11-13H,4-10H2,1-3H3,(H,17,18). The van der Waals surface area contributed by atoms with Gasteiger partial charge in [-0.2, -0.15) is 0 Å². The van der Waals surface area contributed by atoms with Gasteiger partial charge in [0.25, 0.3) is 0 Å². The van der Waals surface area contributed by atoms with Crippen molar-refractivity contribution in [2.24, 2.45) is 23.2 Å². The van der Waals surface area contributed by atoms with Crippen LogP contribution in [0.25, 0.3) is 0 Å². The van der Waals surface area contributed by atoms with Gasteiger partial charge in [-0.05, 0) is 82.5 Å². The maximum Gasteiger partial charge on any atom is 0.239 e. The van der Waals surface area contributed by atoms with Gasteiger partial charge in [0.2, 0.25) is 15.9 Å². The highest BCUT2D eigenvalue weighted by Crippen LogP contribution is 2.61. The molecule has 1 amide bonds. The maximum absolute atomic E-state index is 12.3. The van der Waals surface area contributed by atoms with Crippen molar-refractivity contribution in [3.63, 3.8) is 0 Å². The fraction of sp³-hybridized carbons (Fsp3) is 0.938. The lowest BCUT2D eigenvalue weighted by molar-refractivity contribution is -0.127. The van der Waals surface area contributed by atoms with E-state index in [-0.39, 0.29) is 11.3 Å². The Balaban J connectivity index is 1.68. The molecule has 21 heavy (non-hydrogen) atoms. The molecule has 0 aliphatic heterocycles. The zero-order chi connectivity index (χ0) is 15.5. The minimum Gasteiger partial charge on any atom is -0.274 e. The molecule has 4 nitrogen and oxygen atoms in total. The predicted molar refractivity (Wildman–Crippen MR) is 82.0 cm³/mol. The van der Waals surface area contributed by atoms with Gasteiger partial charge in [0.1, 0.15) is 0 Å². The van der Waals surface area contributed by atoms with Crippen molar-refractivity contribution in [2.75, 3.05) is 0 Å². The molecule has 1 N–H and O–H groups in total. The molecule has 4 rings (SSSR count). The quantitative estimate of drug-likeness (QED) is 0.871. The zero-order valence-electron chi connectivity index (χ0n) is 13.3. The molecule has 0 heterocycles. The molecule has 0 saturated heterocycles. The maximum atomic E-state index is 12.3. The summed E-state index contributed by atoms with van der Waals surface area (Å²) in [5, 5.41) is 0. The number of rotatable bonds is 3. The van der Waals surface area contributed by atoms with E-state index < -0.39 is 14.8 Å². The van der Waals surface area contributed by atoms with E-state index in [1.165, 1.54) is 19.3 Å². The van der Waals surface area contributed by atoms with Gasteiger partial charge in [0.15, 0.2) is 0 Å². The van der Waals surface area contributed by atoms with Crippen molar-refractivity contribution >= 4 is 15.9 Å². The normalized spacial score (nSPS) is 38.5. The summed E-state index contributed by atoms with van der Waals surface area (Å²) in [5.41, 5.74) is 0.0895. The lowest BCUT2D eigenvalue weighted by Gasteiger charge is -2.56. The first-order valence-electron chi connectivity index (χ1n) is 8.14. The minimum atomic E-state index is -3.58. The molecule has 5 heteroatoms. The van der Waals surface area contributed by atoms with E-state index in [9.17, 15) is 13.2 Å². The van der Waals surface area contributed by atoms with Gasteiger partial charge in [0.05, 0.1) is 4.75 Å². The Labute approximate surface area is 128 Å². The number of hydrogen-bond donors (Lipinski definition) is 1. The van der Waals surface area contributed by atoms with Crippen LogP contribution in [-0.2, 0) is 14.8 Å². The van der Waals surface area contributed by atoms with Crippen LogP contribution >= 0.6 is 0 Å². The Morgan fingerprint density at radius 2 is 1.48 bits per heavy atom. The summed E-state index contributed by atoms with van der Waals surface area (Å²) in [6, 6.07) is 0. The van der Waals surface area contributed by atoms with Crippen LogP contribution in [0, 0.1) is 23.2 Å². The Kier molecular flexibility index (Phi) is 3.43. The number of carbonyl (C=O) groups excluding carboxylic acids is 1. The van der Waals surface area contributed by atoms with Gasteiger partial charge in [-0.1, -0.05) is 0 Å². The lowest BCUT2D eigenvalue weighted by Crippen LogP contribution is -2.49. The molecule has 0 aromatic carbocycles. The Bertz CT molecular complexity index is 509. The third kappa shape index (κ3) is 2.86. The number of carbonyl (C=O) groups is 1. The third-order valence-electron chi connectivity index (χ3n) is 5.76. The van der Waals surface area contributed by atoms with Gasteiger partial charge in [-0.3, -0.25) is 9.52 Å². The SMILES string of the molecule is CC(C)(C)S(=O)(=O)NC(=O)CC12CC3CC(CC(C3)C1)C2. The number of sulfonamides is 1. The van der Waals surface area contributed by atoms with E-state index in [0.717, 1.165) is 37.0 Å². The molecule has 0 spiro atoms. The number of hydrogen-bond acceptors (Lipinski definition) is 3. The van der Waals surface area contributed by atoms with Crippen molar-refractivity contribution in [3.05, 3.63) is 0 Å². The average Bonchev–Trinajstić information content (AvgIpc) is 2.22.